The summed E-state index contributed by atoms with van der Waals surface area (Å²) in [5.41, 5.74) is 2.30. The molecule has 0 spiro atoms. The van der Waals surface area contributed by atoms with Crippen molar-refractivity contribution in [3.05, 3.63) is 61.5 Å². The minimum atomic E-state index is -0.185. The van der Waals surface area contributed by atoms with E-state index >= 15 is 0 Å². The van der Waals surface area contributed by atoms with Crippen LogP contribution in [0, 0.1) is 6.92 Å². The van der Waals surface area contributed by atoms with Crippen LogP contribution in [0.15, 0.2) is 45.3 Å². The van der Waals surface area contributed by atoms with Crippen LogP contribution in [-0.2, 0) is 0 Å². The Hall–Kier alpha value is -0.840. The summed E-state index contributed by atoms with van der Waals surface area (Å²) < 4.78 is 1.69. The lowest BCUT2D eigenvalue weighted by atomic mass is 10.1. The van der Waals surface area contributed by atoms with E-state index in [1.807, 2.05) is 25.1 Å². The smallest absolute Gasteiger partial charge is 0.255 e. The summed E-state index contributed by atoms with van der Waals surface area (Å²) in [6.07, 6.45) is 0. The summed E-state index contributed by atoms with van der Waals surface area (Å²) in [5, 5.41) is 3.38. The third-order valence-corrected chi connectivity index (χ3v) is 4.36. The van der Waals surface area contributed by atoms with Crippen LogP contribution in [0.25, 0.3) is 0 Å². The molecular formula is C14H10Br2ClNO. The van der Waals surface area contributed by atoms with Gasteiger partial charge in [0.25, 0.3) is 5.91 Å². The normalized spacial score (nSPS) is 10.3. The van der Waals surface area contributed by atoms with E-state index in [0.717, 1.165) is 20.2 Å². The van der Waals surface area contributed by atoms with E-state index in [-0.39, 0.29) is 5.91 Å². The molecule has 0 radical (unpaired) electrons. The van der Waals surface area contributed by atoms with Gasteiger partial charge in [0, 0.05) is 20.2 Å². The van der Waals surface area contributed by atoms with Crippen LogP contribution in [0.3, 0.4) is 0 Å². The molecule has 0 aliphatic carbocycles. The number of carbonyl (C=O) groups excluding carboxylic acids is 1. The second-order valence-electron chi connectivity index (χ2n) is 4.04. The van der Waals surface area contributed by atoms with Gasteiger partial charge in [-0.05, 0) is 58.7 Å². The SMILES string of the molecule is Cc1ccc(Br)cc1NC(=O)c1ccc(Br)c(Cl)c1. The fourth-order valence-electron chi connectivity index (χ4n) is 1.56. The van der Waals surface area contributed by atoms with Crippen molar-refractivity contribution in [2.24, 2.45) is 0 Å². The van der Waals surface area contributed by atoms with Crippen molar-refractivity contribution in [3.63, 3.8) is 0 Å². The molecule has 0 heterocycles. The van der Waals surface area contributed by atoms with Gasteiger partial charge in [-0.3, -0.25) is 4.79 Å². The monoisotopic (exact) mass is 401 g/mol. The Kier molecular flexibility index (Phi) is 4.66. The largest absolute Gasteiger partial charge is 0.322 e. The number of aryl methyl sites for hydroxylation is 1. The van der Waals surface area contributed by atoms with Crippen molar-refractivity contribution in [1.82, 2.24) is 0 Å². The van der Waals surface area contributed by atoms with E-state index in [9.17, 15) is 4.79 Å². The minimum absolute atomic E-state index is 0.185. The van der Waals surface area contributed by atoms with Crippen molar-refractivity contribution in [1.29, 1.82) is 0 Å². The van der Waals surface area contributed by atoms with Crippen LogP contribution in [0.5, 0.6) is 0 Å². The average molecular weight is 404 g/mol. The zero-order chi connectivity index (χ0) is 14.0. The molecule has 19 heavy (non-hydrogen) atoms. The summed E-state index contributed by atoms with van der Waals surface area (Å²) in [4.78, 5) is 12.1. The van der Waals surface area contributed by atoms with E-state index < -0.39 is 0 Å². The molecule has 2 nitrogen and oxygen atoms in total. The molecule has 0 aliphatic rings. The Labute approximate surface area is 133 Å². The quantitative estimate of drug-likeness (QED) is 0.712. The first-order chi connectivity index (χ1) is 8.97. The van der Waals surface area contributed by atoms with Gasteiger partial charge in [0.1, 0.15) is 0 Å². The molecule has 1 amide bonds. The highest BCUT2D eigenvalue weighted by atomic mass is 79.9. The Morgan fingerprint density at radius 3 is 2.58 bits per heavy atom. The van der Waals surface area contributed by atoms with Crippen molar-refractivity contribution in [2.45, 2.75) is 6.92 Å². The lowest BCUT2D eigenvalue weighted by Crippen LogP contribution is -2.12. The third-order valence-electron chi connectivity index (χ3n) is 2.63. The lowest BCUT2D eigenvalue weighted by molar-refractivity contribution is 0.102. The molecule has 98 valence electrons. The van der Waals surface area contributed by atoms with Gasteiger partial charge in [0.15, 0.2) is 0 Å². The van der Waals surface area contributed by atoms with Gasteiger partial charge >= 0.3 is 0 Å². The molecule has 0 saturated heterocycles. The van der Waals surface area contributed by atoms with Crippen LogP contribution in [-0.4, -0.2) is 5.91 Å². The average Bonchev–Trinajstić information content (AvgIpc) is 2.37. The van der Waals surface area contributed by atoms with Crippen molar-refractivity contribution in [2.75, 3.05) is 5.32 Å². The minimum Gasteiger partial charge on any atom is -0.322 e. The van der Waals surface area contributed by atoms with Crippen LogP contribution >= 0.6 is 43.5 Å². The van der Waals surface area contributed by atoms with E-state index in [1.54, 1.807) is 18.2 Å². The second-order valence-corrected chi connectivity index (χ2v) is 6.22. The van der Waals surface area contributed by atoms with Gasteiger partial charge in [-0.2, -0.15) is 0 Å². The first-order valence-electron chi connectivity index (χ1n) is 5.50. The van der Waals surface area contributed by atoms with Gasteiger partial charge in [-0.15, -0.1) is 0 Å². The van der Waals surface area contributed by atoms with Crippen LogP contribution < -0.4 is 5.32 Å². The van der Waals surface area contributed by atoms with Gasteiger partial charge in [0.05, 0.1) is 5.02 Å². The van der Waals surface area contributed by atoms with Crippen molar-refractivity contribution >= 4 is 55.1 Å². The third kappa shape index (κ3) is 3.59. The molecule has 0 aromatic heterocycles. The van der Waals surface area contributed by atoms with E-state index in [2.05, 4.69) is 37.2 Å². The maximum atomic E-state index is 12.1. The highest BCUT2D eigenvalue weighted by Crippen LogP contribution is 2.25. The standard InChI is InChI=1S/C14H10Br2ClNO/c1-8-2-4-10(15)7-13(8)18-14(19)9-3-5-11(16)12(17)6-9/h2-7H,1H3,(H,18,19). The number of rotatable bonds is 2. The number of carbonyl (C=O) groups is 1. The molecule has 0 atom stereocenters. The van der Waals surface area contributed by atoms with Gasteiger partial charge < -0.3 is 5.32 Å². The maximum Gasteiger partial charge on any atom is 0.255 e. The molecule has 0 bridgehead atoms. The molecular weight excluding hydrogens is 393 g/mol. The number of halogens is 3. The predicted molar refractivity (Wildman–Crippen MR) is 86.0 cm³/mol. The molecule has 0 unspecified atom stereocenters. The van der Waals surface area contributed by atoms with Crippen molar-refractivity contribution < 1.29 is 4.79 Å². The summed E-state index contributed by atoms with van der Waals surface area (Å²) in [6.45, 7) is 1.94. The van der Waals surface area contributed by atoms with Crippen LogP contribution in [0.4, 0.5) is 5.69 Å². The molecule has 0 saturated carbocycles. The predicted octanol–water partition coefficient (Wildman–Crippen LogP) is 5.43. The summed E-state index contributed by atoms with van der Waals surface area (Å²) in [5.74, 6) is -0.185. The summed E-state index contributed by atoms with van der Waals surface area (Å²) in [6, 6.07) is 10.8. The number of amides is 1. The fraction of sp³-hybridized carbons (Fsp3) is 0.0714. The Balaban J connectivity index is 2.25. The highest BCUT2D eigenvalue weighted by molar-refractivity contribution is 9.10. The highest BCUT2D eigenvalue weighted by Gasteiger charge is 2.09. The number of hydrogen-bond acceptors (Lipinski definition) is 1. The number of benzene rings is 2. The second kappa shape index (κ2) is 6.07. The number of nitrogens with one attached hydrogen (secondary N) is 1. The Morgan fingerprint density at radius 1 is 1.16 bits per heavy atom. The Bertz CT molecular complexity index is 643. The van der Waals surface area contributed by atoms with Gasteiger partial charge in [-0.25, -0.2) is 0 Å². The van der Waals surface area contributed by atoms with Crippen molar-refractivity contribution in [3.8, 4) is 0 Å². The van der Waals surface area contributed by atoms with Gasteiger partial charge in [-0.1, -0.05) is 33.6 Å². The molecule has 0 aliphatic heterocycles. The number of hydrogen-bond donors (Lipinski definition) is 1. The molecule has 0 fully saturated rings. The molecule has 2 aromatic carbocycles. The van der Waals surface area contributed by atoms with Crippen LogP contribution in [0.1, 0.15) is 15.9 Å². The van der Waals surface area contributed by atoms with Gasteiger partial charge in [0.2, 0.25) is 0 Å². The molecule has 2 rings (SSSR count). The van der Waals surface area contributed by atoms with E-state index in [0.29, 0.717) is 10.6 Å². The fourth-order valence-corrected chi connectivity index (χ4v) is 2.35. The number of anilines is 1. The first kappa shape index (κ1) is 14.6. The van der Waals surface area contributed by atoms with Crippen LogP contribution in [0.2, 0.25) is 5.02 Å². The topological polar surface area (TPSA) is 29.1 Å². The summed E-state index contributed by atoms with van der Waals surface area (Å²) in [7, 11) is 0. The Morgan fingerprint density at radius 2 is 1.89 bits per heavy atom. The van der Waals surface area contributed by atoms with E-state index in [4.69, 9.17) is 11.6 Å². The molecule has 5 heteroatoms. The zero-order valence-electron chi connectivity index (χ0n) is 10.0. The molecule has 2 aromatic rings. The molecule has 1 N–H and O–H groups in total. The van der Waals surface area contributed by atoms with E-state index in [1.165, 1.54) is 0 Å². The lowest BCUT2D eigenvalue weighted by Gasteiger charge is -2.09. The zero-order valence-corrected chi connectivity index (χ0v) is 13.9. The first-order valence-corrected chi connectivity index (χ1v) is 7.46. The maximum absolute atomic E-state index is 12.1. The summed E-state index contributed by atoms with van der Waals surface area (Å²) >= 11 is 12.7.